The number of piperidine rings is 2. The normalized spacial score (nSPS) is 22.1. The molecule has 62 heavy (non-hydrogen) atoms. The van der Waals surface area contributed by atoms with Gasteiger partial charge in [0.1, 0.15) is 12.4 Å². The Kier molecular flexibility index (Phi) is 10.6. The van der Waals surface area contributed by atoms with E-state index in [4.69, 9.17) is 0 Å². The Labute approximate surface area is 358 Å². The largest absolute Gasteiger partial charge is 0.371 e. The first-order chi connectivity index (χ1) is 30.3. The molecule has 318 valence electrons. The van der Waals surface area contributed by atoms with Crippen molar-refractivity contribution in [2.45, 2.75) is 63.1 Å². The molecule has 0 bridgehead atoms. The van der Waals surface area contributed by atoms with Crippen molar-refractivity contribution in [2.24, 2.45) is 5.92 Å². The van der Waals surface area contributed by atoms with Crippen LogP contribution in [0.2, 0.25) is 0 Å². The number of nitrogens with zero attached hydrogens (tertiary/aromatic N) is 8. The van der Waals surface area contributed by atoms with E-state index in [0.29, 0.717) is 34.8 Å². The molecule has 1 saturated carbocycles. The summed E-state index contributed by atoms with van der Waals surface area (Å²) in [5, 5.41) is 8.89. The van der Waals surface area contributed by atoms with Crippen LogP contribution < -0.4 is 25.8 Å². The van der Waals surface area contributed by atoms with Gasteiger partial charge in [-0.15, -0.1) is 0 Å². The molecule has 3 saturated heterocycles. The molecule has 5 aromatic rings. The number of carbonyl (C=O) groups excluding carboxylic acids is 5. The van der Waals surface area contributed by atoms with Crippen molar-refractivity contribution >= 4 is 63.6 Å². The predicted octanol–water partition coefficient (Wildman–Crippen LogP) is 4.07. The fraction of sp³-hybridized carbons (Fsp3) is 0.391. The summed E-state index contributed by atoms with van der Waals surface area (Å²) >= 11 is 0. The van der Waals surface area contributed by atoms with Crippen molar-refractivity contribution < 1.29 is 24.0 Å². The van der Waals surface area contributed by atoms with Gasteiger partial charge in [-0.2, -0.15) is 0 Å². The number of amides is 5. The number of nitrogens with one attached hydrogen (secondary N) is 3. The molecule has 1 aliphatic carbocycles. The number of imide groups is 2. The van der Waals surface area contributed by atoms with Crippen LogP contribution in [0, 0.1) is 5.92 Å². The van der Waals surface area contributed by atoms with Crippen LogP contribution in [0.1, 0.15) is 70.8 Å². The minimum absolute atomic E-state index is 0.0429. The Morgan fingerprint density at radius 2 is 1.55 bits per heavy atom. The van der Waals surface area contributed by atoms with Gasteiger partial charge >= 0.3 is 0 Å². The fourth-order valence-electron chi connectivity index (χ4n) is 9.77. The van der Waals surface area contributed by atoms with Gasteiger partial charge in [0, 0.05) is 75.7 Å². The summed E-state index contributed by atoms with van der Waals surface area (Å²) < 4.78 is 2.10. The molecule has 5 amide bonds. The van der Waals surface area contributed by atoms with Crippen molar-refractivity contribution in [2.75, 3.05) is 60.9 Å². The third kappa shape index (κ3) is 7.74. The lowest BCUT2D eigenvalue weighted by Crippen LogP contribution is -2.54. The Bertz CT molecular complexity index is 2520. The number of aromatic nitrogens is 4. The summed E-state index contributed by atoms with van der Waals surface area (Å²) in [4.78, 5) is 85.9. The van der Waals surface area contributed by atoms with Gasteiger partial charge in [-0.05, 0) is 80.0 Å². The molecule has 4 aliphatic heterocycles. The zero-order chi connectivity index (χ0) is 42.3. The lowest BCUT2D eigenvalue weighted by molar-refractivity contribution is -0.136. The topological polar surface area (TPSA) is 178 Å². The SMILES string of the molecule is O=C1CC[C@H](N2C(=O)c3cccc(N4CCC(CN5CCN(c6ccc(Nc7ncnc8c7ncn8C7CC(NC(=O)Cc8ccccc8)C7)cc6)CC5)CC4)c3C2=O)C(=O)N1. The second kappa shape index (κ2) is 16.6. The van der Waals surface area contributed by atoms with Gasteiger partial charge in [-0.1, -0.05) is 36.4 Å². The number of fused-ring (bicyclic) bond motifs is 2. The second-order valence-corrected chi connectivity index (χ2v) is 17.1. The molecule has 0 radical (unpaired) electrons. The summed E-state index contributed by atoms with van der Waals surface area (Å²) in [5.74, 6) is -0.692. The molecule has 6 heterocycles. The minimum atomic E-state index is -0.975. The lowest BCUT2D eigenvalue weighted by Gasteiger charge is -2.40. The number of hydrogen-bond acceptors (Lipinski definition) is 12. The molecule has 0 spiro atoms. The average molecular weight is 836 g/mol. The van der Waals surface area contributed by atoms with Gasteiger partial charge in [-0.25, -0.2) is 15.0 Å². The van der Waals surface area contributed by atoms with E-state index in [1.165, 1.54) is 5.69 Å². The van der Waals surface area contributed by atoms with Crippen LogP contribution in [-0.4, -0.2) is 117 Å². The molecule has 1 atom stereocenters. The first-order valence-corrected chi connectivity index (χ1v) is 21.7. The maximum atomic E-state index is 13.7. The van der Waals surface area contributed by atoms with E-state index in [9.17, 15) is 24.0 Å². The number of rotatable bonds is 11. The predicted molar refractivity (Wildman–Crippen MR) is 232 cm³/mol. The van der Waals surface area contributed by atoms with Crippen LogP contribution in [0.15, 0.2) is 85.5 Å². The van der Waals surface area contributed by atoms with E-state index in [0.717, 1.165) is 99.0 Å². The summed E-state index contributed by atoms with van der Waals surface area (Å²) in [6, 6.07) is 23.0. The number of benzene rings is 3. The number of carbonyl (C=O) groups is 5. The molecule has 4 fully saturated rings. The third-order valence-corrected chi connectivity index (χ3v) is 13.2. The van der Waals surface area contributed by atoms with Crippen LogP contribution in [-0.2, 0) is 20.8 Å². The van der Waals surface area contributed by atoms with Crippen LogP contribution >= 0.6 is 0 Å². The Hall–Kier alpha value is -6.68. The first kappa shape index (κ1) is 39.5. The van der Waals surface area contributed by atoms with E-state index in [1.807, 2.05) is 42.7 Å². The van der Waals surface area contributed by atoms with E-state index in [2.05, 4.69) is 74.4 Å². The number of anilines is 4. The summed E-state index contributed by atoms with van der Waals surface area (Å²) in [5.41, 5.74) is 6.01. The Balaban J connectivity index is 0.686. The maximum absolute atomic E-state index is 13.7. The average Bonchev–Trinajstić information content (AvgIpc) is 3.81. The van der Waals surface area contributed by atoms with Crippen LogP contribution in [0.3, 0.4) is 0 Å². The van der Waals surface area contributed by atoms with Gasteiger partial charge in [0.15, 0.2) is 17.0 Å². The maximum Gasteiger partial charge on any atom is 0.264 e. The number of imidazole rings is 1. The van der Waals surface area contributed by atoms with E-state index < -0.39 is 23.8 Å². The molecular formula is C46H49N11O5. The second-order valence-electron chi connectivity index (χ2n) is 17.1. The van der Waals surface area contributed by atoms with Crippen LogP contribution in [0.5, 0.6) is 0 Å². The standard InChI is InChI=1S/C46H49N11O5/c58-38-14-13-37(44(60)52-38)57-45(61)35-7-4-8-36(40(35)46(57)62)55-17-15-30(16-18-55)26-53-19-21-54(22-20-53)33-11-9-31(10-12-33)51-42-41-43(48-27-47-42)56(28-49-41)34-24-32(25-34)50-39(59)23-29-5-2-1-3-6-29/h1-12,27-28,30,32,34,37H,13-26H2,(H,50,59)(H,47,48,51)(H,52,58,60)/t32?,34?,37-/m0/s1. The third-order valence-electron chi connectivity index (χ3n) is 13.2. The van der Waals surface area contributed by atoms with Gasteiger partial charge in [-0.3, -0.25) is 39.1 Å². The van der Waals surface area contributed by atoms with Crippen LogP contribution in [0.4, 0.5) is 22.9 Å². The van der Waals surface area contributed by atoms with E-state index >= 15 is 0 Å². The van der Waals surface area contributed by atoms with Gasteiger partial charge < -0.3 is 25.0 Å². The number of hydrogen-bond donors (Lipinski definition) is 3. The molecule has 3 aromatic carbocycles. The van der Waals surface area contributed by atoms with E-state index in [1.54, 1.807) is 18.5 Å². The summed E-state index contributed by atoms with van der Waals surface area (Å²) in [6.45, 7) is 6.40. The summed E-state index contributed by atoms with van der Waals surface area (Å²) in [7, 11) is 0. The minimum Gasteiger partial charge on any atom is -0.371 e. The number of piperazine rings is 1. The zero-order valence-corrected chi connectivity index (χ0v) is 34.4. The molecule has 16 nitrogen and oxygen atoms in total. The molecule has 5 aliphatic rings. The van der Waals surface area contributed by atoms with Crippen molar-refractivity contribution in [3.05, 3.63) is 102 Å². The van der Waals surface area contributed by atoms with Gasteiger partial charge in [0.05, 0.1) is 29.6 Å². The quantitative estimate of drug-likeness (QED) is 0.163. The highest BCUT2D eigenvalue weighted by Gasteiger charge is 2.46. The molecule has 10 rings (SSSR count). The molecule has 16 heteroatoms. The van der Waals surface area contributed by atoms with Gasteiger partial charge in [0.2, 0.25) is 17.7 Å². The van der Waals surface area contributed by atoms with Crippen molar-refractivity contribution in [3.8, 4) is 0 Å². The molecule has 0 unspecified atom stereocenters. The monoisotopic (exact) mass is 835 g/mol. The smallest absolute Gasteiger partial charge is 0.264 e. The Morgan fingerprint density at radius 1 is 0.774 bits per heavy atom. The Morgan fingerprint density at radius 3 is 2.31 bits per heavy atom. The molecule has 2 aromatic heterocycles. The van der Waals surface area contributed by atoms with Gasteiger partial charge in [0.25, 0.3) is 11.8 Å². The highest BCUT2D eigenvalue weighted by molar-refractivity contribution is 6.25. The molecule has 3 N–H and O–H groups in total. The zero-order valence-electron chi connectivity index (χ0n) is 34.4. The van der Waals surface area contributed by atoms with E-state index in [-0.39, 0.29) is 36.7 Å². The van der Waals surface area contributed by atoms with Crippen molar-refractivity contribution in [1.82, 2.24) is 40.0 Å². The highest BCUT2D eigenvalue weighted by Crippen LogP contribution is 2.37. The van der Waals surface area contributed by atoms with Crippen molar-refractivity contribution in [3.63, 3.8) is 0 Å². The fourth-order valence-corrected chi connectivity index (χ4v) is 9.77. The van der Waals surface area contributed by atoms with Crippen LogP contribution in [0.25, 0.3) is 11.2 Å². The lowest BCUT2D eigenvalue weighted by atomic mass is 9.86. The highest BCUT2D eigenvalue weighted by atomic mass is 16.2. The summed E-state index contributed by atoms with van der Waals surface area (Å²) in [6.07, 6.45) is 7.63. The first-order valence-electron chi connectivity index (χ1n) is 21.7. The van der Waals surface area contributed by atoms with Crippen molar-refractivity contribution in [1.29, 1.82) is 0 Å². The molecular weight excluding hydrogens is 787 g/mol.